The molecule has 108 valence electrons. The van der Waals surface area contributed by atoms with Crippen LogP contribution < -0.4 is 0 Å². The summed E-state index contributed by atoms with van der Waals surface area (Å²) in [5.41, 5.74) is 1.22. The normalized spacial score (nSPS) is 9.86. The second kappa shape index (κ2) is 6.73. The molecule has 0 saturated carbocycles. The summed E-state index contributed by atoms with van der Waals surface area (Å²) < 4.78 is 18.9. The van der Waals surface area contributed by atoms with E-state index in [4.69, 9.17) is 9.52 Å². The average Bonchev–Trinajstić information content (AvgIpc) is 2.97. The first-order valence-corrected chi connectivity index (χ1v) is 6.27. The highest BCUT2D eigenvalue weighted by Gasteiger charge is 2.16. The molecule has 1 heterocycles. The van der Waals surface area contributed by atoms with Gasteiger partial charge in [0.2, 0.25) is 0 Å². The van der Waals surface area contributed by atoms with Crippen LogP contribution >= 0.6 is 0 Å². The van der Waals surface area contributed by atoms with E-state index in [0.717, 1.165) is 5.56 Å². The third kappa shape index (κ3) is 3.71. The van der Waals surface area contributed by atoms with Crippen LogP contribution in [0.5, 0.6) is 0 Å². The Labute approximate surface area is 121 Å². The number of carbonyl (C=O) groups is 1. The van der Waals surface area contributed by atoms with Gasteiger partial charge in [-0.2, -0.15) is 0 Å². The number of furan rings is 1. The molecule has 1 N–H and O–H groups in total. The maximum Gasteiger partial charge on any atom is 0.256 e. The predicted molar refractivity (Wildman–Crippen MR) is 74.9 cm³/mol. The number of benzene rings is 1. The zero-order chi connectivity index (χ0) is 15.2. The lowest BCUT2D eigenvalue weighted by atomic mass is 10.1. The molecular formula is C16H14FNO3. The van der Waals surface area contributed by atoms with Gasteiger partial charge in [0.1, 0.15) is 12.4 Å². The van der Waals surface area contributed by atoms with Crippen LogP contribution in [0.4, 0.5) is 4.39 Å². The van der Waals surface area contributed by atoms with Gasteiger partial charge in [0.05, 0.1) is 18.1 Å². The Morgan fingerprint density at radius 3 is 2.86 bits per heavy atom. The number of hydrogen-bond acceptors (Lipinski definition) is 3. The van der Waals surface area contributed by atoms with Crippen LogP contribution in [0.2, 0.25) is 0 Å². The van der Waals surface area contributed by atoms with Crippen molar-refractivity contribution in [2.75, 3.05) is 13.7 Å². The Kier molecular flexibility index (Phi) is 4.75. The fourth-order valence-corrected chi connectivity index (χ4v) is 1.84. The van der Waals surface area contributed by atoms with Gasteiger partial charge in [0.25, 0.3) is 5.91 Å². The molecule has 2 aromatic rings. The van der Waals surface area contributed by atoms with E-state index in [1.165, 1.54) is 29.6 Å². The van der Waals surface area contributed by atoms with Gasteiger partial charge in [0.15, 0.2) is 0 Å². The summed E-state index contributed by atoms with van der Waals surface area (Å²) in [6, 6.07) is 5.87. The number of halogens is 1. The number of rotatable bonds is 3. The molecule has 1 aromatic carbocycles. The van der Waals surface area contributed by atoms with Crippen LogP contribution in [0, 0.1) is 17.7 Å². The summed E-state index contributed by atoms with van der Waals surface area (Å²) in [6.45, 7) is 0.0383. The van der Waals surface area contributed by atoms with Gasteiger partial charge in [-0.25, -0.2) is 4.39 Å². The van der Waals surface area contributed by atoms with Crippen molar-refractivity contribution in [3.05, 3.63) is 59.3 Å². The highest BCUT2D eigenvalue weighted by molar-refractivity contribution is 5.94. The van der Waals surface area contributed by atoms with Gasteiger partial charge >= 0.3 is 0 Å². The number of aliphatic hydroxyl groups is 1. The first-order chi connectivity index (χ1) is 10.1. The Bertz CT molecular complexity index is 683. The van der Waals surface area contributed by atoms with Crippen molar-refractivity contribution < 1.29 is 18.7 Å². The second-order valence-corrected chi connectivity index (χ2v) is 4.45. The van der Waals surface area contributed by atoms with E-state index < -0.39 is 11.7 Å². The molecule has 0 spiro atoms. The van der Waals surface area contributed by atoms with Gasteiger partial charge in [-0.05, 0) is 24.3 Å². The molecule has 0 radical (unpaired) electrons. The fourth-order valence-electron chi connectivity index (χ4n) is 1.84. The lowest BCUT2D eigenvalue weighted by Gasteiger charge is -2.16. The standard InChI is InChI=1S/C16H14FNO3/c1-18(10-13-6-8-21-11-13)16(20)14-5-4-12(3-2-7-19)9-15(14)17/h4-6,8-9,11,19H,7,10H2,1H3. The molecule has 0 unspecified atom stereocenters. The van der Waals surface area contributed by atoms with Crippen molar-refractivity contribution in [1.82, 2.24) is 4.90 Å². The van der Waals surface area contributed by atoms with E-state index in [-0.39, 0.29) is 12.2 Å². The largest absolute Gasteiger partial charge is 0.472 e. The number of nitrogens with zero attached hydrogens (tertiary/aromatic N) is 1. The molecule has 0 atom stereocenters. The molecule has 5 heteroatoms. The van der Waals surface area contributed by atoms with E-state index in [1.807, 2.05) is 0 Å². The summed E-state index contributed by atoms with van der Waals surface area (Å²) in [5.74, 6) is 3.96. The Morgan fingerprint density at radius 1 is 1.43 bits per heavy atom. The van der Waals surface area contributed by atoms with Crippen molar-refractivity contribution >= 4 is 5.91 Å². The van der Waals surface area contributed by atoms with E-state index in [2.05, 4.69) is 11.8 Å². The van der Waals surface area contributed by atoms with Crippen LogP contribution in [0.1, 0.15) is 21.5 Å². The van der Waals surface area contributed by atoms with Crippen molar-refractivity contribution in [2.45, 2.75) is 6.54 Å². The first-order valence-electron chi connectivity index (χ1n) is 6.27. The predicted octanol–water partition coefficient (Wildman–Crippen LogP) is 2.03. The van der Waals surface area contributed by atoms with Crippen molar-refractivity contribution in [3.8, 4) is 11.8 Å². The number of aliphatic hydroxyl groups excluding tert-OH is 1. The van der Waals surface area contributed by atoms with Crippen molar-refractivity contribution in [2.24, 2.45) is 0 Å². The third-order valence-corrected chi connectivity index (χ3v) is 2.86. The summed E-state index contributed by atoms with van der Waals surface area (Å²) in [7, 11) is 1.59. The van der Waals surface area contributed by atoms with E-state index in [0.29, 0.717) is 12.1 Å². The zero-order valence-corrected chi connectivity index (χ0v) is 11.5. The Hall–Kier alpha value is -2.58. The number of hydrogen-bond donors (Lipinski definition) is 1. The first kappa shape index (κ1) is 14.8. The molecule has 0 bridgehead atoms. The molecule has 4 nitrogen and oxygen atoms in total. The maximum atomic E-state index is 14.0. The van der Waals surface area contributed by atoms with Crippen molar-refractivity contribution in [1.29, 1.82) is 0 Å². The van der Waals surface area contributed by atoms with Crippen molar-refractivity contribution in [3.63, 3.8) is 0 Å². The molecule has 0 aliphatic rings. The third-order valence-electron chi connectivity index (χ3n) is 2.86. The van der Waals surface area contributed by atoms with E-state index in [9.17, 15) is 9.18 Å². The quantitative estimate of drug-likeness (QED) is 0.879. The van der Waals surface area contributed by atoms with Crippen LogP contribution in [0.15, 0.2) is 41.2 Å². The minimum atomic E-state index is -0.635. The van der Waals surface area contributed by atoms with Gasteiger partial charge < -0.3 is 14.4 Å². The van der Waals surface area contributed by atoms with Gasteiger partial charge in [-0.15, -0.1) is 0 Å². The summed E-state index contributed by atoms with van der Waals surface area (Å²) in [6.07, 6.45) is 3.05. The lowest BCUT2D eigenvalue weighted by Crippen LogP contribution is -2.26. The minimum Gasteiger partial charge on any atom is -0.472 e. The van der Waals surface area contributed by atoms with Crippen LogP contribution in [0.25, 0.3) is 0 Å². The van der Waals surface area contributed by atoms with E-state index in [1.54, 1.807) is 19.2 Å². The SMILES string of the molecule is CN(Cc1ccoc1)C(=O)c1ccc(C#CCO)cc1F. The molecule has 0 fully saturated rings. The number of amides is 1. The zero-order valence-electron chi connectivity index (χ0n) is 11.5. The van der Waals surface area contributed by atoms with Crippen LogP contribution in [0.3, 0.4) is 0 Å². The molecule has 0 saturated heterocycles. The smallest absolute Gasteiger partial charge is 0.256 e. The molecule has 0 aliphatic heterocycles. The molecule has 2 rings (SSSR count). The summed E-state index contributed by atoms with van der Waals surface area (Å²) in [5, 5.41) is 8.60. The van der Waals surface area contributed by atoms with Gasteiger partial charge in [0, 0.05) is 24.7 Å². The average molecular weight is 287 g/mol. The topological polar surface area (TPSA) is 53.7 Å². The summed E-state index contributed by atoms with van der Waals surface area (Å²) in [4.78, 5) is 13.6. The van der Waals surface area contributed by atoms with Gasteiger partial charge in [-0.3, -0.25) is 4.79 Å². The van der Waals surface area contributed by atoms with E-state index >= 15 is 0 Å². The highest BCUT2D eigenvalue weighted by atomic mass is 19.1. The summed E-state index contributed by atoms with van der Waals surface area (Å²) >= 11 is 0. The number of carbonyl (C=O) groups excluding carboxylic acids is 1. The molecule has 1 aromatic heterocycles. The molecule has 0 aliphatic carbocycles. The Balaban J connectivity index is 2.15. The molecule has 1 amide bonds. The van der Waals surface area contributed by atoms with Crippen LogP contribution in [-0.4, -0.2) is 29.6 Å². The monoisotopic (exact) mass is 287 g/mol. The minimum absolute atomic E-state index is 0.0180. The fraction of sp³-hybridized carbons (Fsp3) is 0.188. The second-order valence-electron chi connectivity index (χ2n) is 4.45. The molecule has 21 heavy (non-hydrogen) atoms. The highest BCUT2D eigenvalue weighted by Crippen LogP contribution is 2.14. The van der Waals surface area contributed by atoms with Crippen LogP contribution in [-0.2, 0) is 6.54 Å². The van der Waals surface area contributed by atoms with Gasteiger partial charge in [-0.1, -0.05) is 11.8 Å². The maximum absolute atomic E-state index is 14.0. The Morgan fingerprint density at radius 2 is 2.24 bits per heavy atom. The molecular weight excluding hydrogens is 273 g/mol. The lowest BCUT2D eigenvalue weighted by molar-refractivity contribution is 0.0780.